The SMILES string of the molecule is COc1cc(-c2c3nc(c(-c4cc(OC)c(OC)c(OC)c4)c4ccc([nH]4)c4ccc([nH]4)c(-c4cc(OC)c(OC)c(OC)c4)c4ccc2[nH]4)C=C3)cc(OC)c1OC. The van der Waals surface area contributed by atoms with Crippen molar-refractivity contribution in [3.63, 3.8) is 0 Å². The zero-order valence-corrected chi connectivity index (χ0v) is 34.2. The van der Waals surface area contributed by atoms with Crippen molar-refractivity contribution < 1.29 is 42.6 Å². The Hall–Kier alpha value is -7.41. The summed E-state index contributed by atoms with van der Waals surface area (Å²) in [6.07, 6.45) is 4.00. The van der Waals surface area contributed by atoms with Crippen LogP contribution in [0.15, 0.2) is 72.8 Å². The average Bonchev–Trinajstić information content (AvgIpc) is 4.12. The molecule has 59 heavy (non-hydrogen) atoms. The summed E-state index contributed by atoms with van der Waals surface area (Å²) in [4.78, 5) is 16.5. The predicted octanol–water partition coefficient (Wildman–Crippen LogP) is 9.77. The maximum absolute atomic E-state index is 5.84. The Morgan fingerprint density at radius 2 is 0.576 bits per heavy atom. The number of nitrogens with zero attached hydrogens (tertiary/aromatic N) is 1. The number of H-pyrrole nitrogens is 3. The normalized spacial score (nSPS) is 11.4. The highest BCUT2D eigenvalue weighted by Gasteiger charge is 2.23. The molecule has 13 nitrogen and oxygen atoms in total. The first-order valence-electron chi connectivity index (χ1n) is 18.6. The van der Waals surface area contributed by atoms with Crippen molar-refractivity contribution in [2.75, 3.05) is 64.0 Å². The summed E-state index contributed by atoms with van der Waals surface area (Å²) >= 11 is 0. The second-order valence-electron chi connectivity index (χ2n) is 13.4. The number of rotatable bonds is 12. The molecule has 8 rings (SSSR count). The molecule has 4 aromatic heterocycles. The van der Waals surface area contributed by atoms with E-state index in [-0.39, 0.29) is 0 Å². The van der Waals surface area contributed by atoms with Crippen LogP contribution in [0.5, 0.6) is 51.7 Å². The standard InChI is InChI=1S/C46H44N4O9/c1-51-35-18-24(19-36(52-2)44(35)57-7)41-29-12-10-27(47-29)28-11-13-30(48-28)42(25-20-37(53-3)45(58-8)38(21-25)54-4)32-15-17-34(50-32)43(33-16-14-31(41)49-33)26-22-39(55-5)46(59-9)40(23-26)56-6/h10-23,47-49H,1-9H3. The van der Waals surface area contributed by atoms with E-state index < -0.39 is 0 Å². The summed E-state index contributed by atoms with van der Waals surface area (Å²) in [6, 6.07) is 23.8. The number of hydrogen-bond acceptors (Lipinski definition) is 10. The van der Waals surface area contributed by atoms with Crippen LogP contribution in [0.1, 0.15) is 11.4 Å². The molecule has 0 atom stereocenters. The van der Waals surface area contributed by atoms with Gasteiger partial charge in [-0.1, -0.05) is 0 Å². The van der Waals surface area contributed by atoms with Gasteiger partial charge in [-0.25, -0.2) is 4.98 Å². The van der Waals surface area contributed by atoms with Crippen LogP contribution in [0.3, 0.4) is 0 Å². The number of aromatic amines is 3. The molecule has 0 saturated heterocycles. The molecule has 0 aliphatic carbocycles. The zero-order chi connectivity index (χ0) is 41.4. The van der Waals surface area contributed by atoms with Gasteiger partial charge >= 0.3 is 0 Å². The second kappa shape index (κ2) is 15.9. The number of nitrogens with one attached hydrogen (secondary N) is 3. The first-order chi connectivity index (χ1) is 28.8. The molecule has 302 valence electrons. The van der Waals surface area contributed by atoms with Crippen LogP contribution in [-0.4, -0.2) is 83.9 Å². The molecule has 0 spiro atoms. The Morgan fingerprint density at radius 3 is 0.864 bits per heavy atom. The van der Waals surface area contributed by atoms with Crippen LogP contribution in [0, 0.1) is 0 Å². The molecule has 1 aliphatic rings. The van der Waals surface area contributed by atoms with Crippen molar-refractivity contribution in [1.29, 1.82) is 0 Å². The average molecular weight is 797 g/mol. The topological polar surface area (TPSA) is 143 Å². The molecule has 0 amide bonds. The molecule has 7 aromatic rings. The summed E-state index contributed by atoms with van der Waals surface area (Å²) in [7, 11) is 14.4. The lowest BCUT2D eigenvalue weighted by molar-refractivity contribution is 0.324. The molecule has 8 bridgehead atoms. The fourth-order valence-corrected chi connectivity index (χ4v) is 7.74. The van der Waals surface area contributed by atoms with Gasteiger partial charge in [0.15, 0.2) is 34.5 Å². The van der Waals surface area contributed by atoms with E-state index in [1.165, 1.54) is 0 Å². The van der Waals surface area contributed by atoms with Gasteiger partial charge in [-0.15, -0.1) is 0 Å². The monoisotopic (exact) mass is 796 g/mol. The maximum atomic E-state index is 5.84. The first-order valence-corrected chi connectivity index (χ1v) is 18.6. The Kier molecular flexibility index (Phi) is 10.3. The maximum Gasteiger partial charge on any atom is 0.203 e. The summed E-state index contributed by atoms with van der Waals surface area (Å²) < 4.78 is 52.0. The minimum absolute atomic E-state index is 0.473. The van der Waals surface area contributed by atoms with Gasteiger partial charge in [-0.05, 0) is 102 Å². The van der Waals surface area contributed by atoms with E-state index in [0.717, 1.165) is 66.5 Å². The van der Waals surface area contributed by atoms with Gasteiger partial charge in [0.25, 0.3) is 0 Å². The number of methoxy groups -OCH3 is 9. The summed E-state index contributed by atoms with van der Waals surface area (Å²) in [5.74, 6) is 4.50. The van der Waals surface area contributed by atoms with Crippen LogP contribution in [-0.2, 0) is 0 Å². The van der Waals surface area contributed by atoms with Crippen molar-refractivity contribution >= 4 is 45.3 Å². The van der Waals surface area contributed by atoms with Gasteiger partial charge in [0, 0.05) is 38.8 Å². The Bertz CT molecular complexity index is 2810. The van der Waals surface area contributed by atoms with Gasteiger partial charge in [0.2, 0.25) is 17.2 Å². The van der Waals surface area contributed by atoms with Crippen molar-refractivity contribution in [3.05, 3.63) is 84.2 Å². The van der Waals surface area contributed by atoms with Crippen molar-refractivity contribution in [2.24, 2.45) is 0 Å². The Morgan fingerprint density at radius 1 is 0.322 bits per heavy atom. The van der Waals surface area contributed by atoms with E-state index in [1.807, 2.05) is 78.9 Å². The quantitative estimate of drug-likeness (QED) is 0.109. The highest BCUT2D eigenvalue weighted by atomic mass is 16.5. The second-order valence-corrected chi connectivity index (χ2v) is 13.4. The molecular weight excluding hydrogens is 753 g/mol. The lowest BCUT2D eigenvalue weighted by Gasteiger charge is -2.15. The fourth-order valence-electron chi connectivity index (χ4n) is 7.74. The molecule has 0 radical (unpaired) electrons. The molecule has 3 N–H and O–H groups in total. The summed E-state index contributed by atoms with van der Waals surface area (Å²) in [5, 5.41) is 0. The zero-order valence-electron chi connectivity index (χ0n) is 34.2. The Labute approximate surface area is 340 Å². The molecule has 3 aromatic carbocycles. The molecule has 0 unspecified atom stereocenters. The lowest BCUT2D eigenvalue weighted by Crippen LogP contribution is -1.97. The number of fused-ring (bicyclic) bond motifs is 9. The third-order valence-corrected chi connectivity index (χ3v) is 10.4. The van der Waals surface area contributed by atoms with Gasteiger partial charge in [-0.2, -0.15) is 0 Å². The number of aromatic nitrogens is 4. The third-order valence-electron chi connectivity index (χ3n) is 10.4. The van der Waals surface area contributed by atoms with Gasteiger partial charge in [-0.3, -0.25) is 0 Å². The summed E-state index contributed by atoms with van der Waals surface area (Å²) in [5.41, 5.74) is 11.2. The van der Waals surface area contributed by atoms with E-state index >= 15 is 0 Å². The molecule has 0 fully saturated rings. The van der Waals surface area contributed by atoms with Gasteiger partial charge in [0.05, 0.1) is 86.4 Å². The van der Waals surface area contributed by atoms with Crippen LogP contribution < -0.4 is 42.6 Å². The van der Waals surface area contributed by atoms with Gasteiger partial charge in [0.1, 0.15) is 0 Å². The smallest absolute Gasteiger partial charge is 0.203 e. The molecule has 0 saturated carbocycles. The van der Waals surface area contributed by atoms with Crippen LogP contribution in [0.4, 0.5) is 0 Å². The number of hydrogen-bond donors (Lipinski definition) is 3. The minimum Gasteiger partial charge on any atom is -0.493 e. The highest BCUT2D eigenvalue weighted by molar-refractivity contribution is 6.00. The predicted molar refractivity (Wildman–Crippen MR) is 230 cm³/mol. The molecule has 5 heterocycles. The largest absolute Gasteiger partial charge is 0.493 e. The lowest BCUT2D eigenvalue weighted by atomic mass is 10.0. The molecular formula is C46H44N4O9. The molecule has 13 heteroatoms. The van der Waals surface area contributed by atoms with E-state index in [0.29, 0.717) is 63.1 Å². The van der Waals surface area contributed by atoms with E-state index in [4.69, 9.17) is 47.6 Å². The van der Waals surface area contributed by atoms with E-state index in [2.05, 4.69) is 21.0 Å². The van der Waals surface area contributed by atoms with Crippen molar-refractivity contribution in [3.8, 4) is 85.1 Å². The van der Waals surface area contributed by atoms with Gasteiger partial charge < -0.3 is 57.6 Å². The van der Waals surface area contributed by atoms with Crippen LogP contribution in [0.25, 0.3) is 78.6 Å². The highest BCUT2D eigenvalue weighted by Crippen LogP contribution is 2.47. The fraction of sp³-hybridized carbons (Fsp3) is 0.196. The van der Waals surface area contributed by atoms with Crippen molar-refractivity contribution in [1.82, 2.24) is 19.9 Å². The Balaban J connectivity index is 1.56. The number of benzene rings is 3. The third kappa shape index (κ3) is 6.59. The van der Waals surface area contributed by atoms with Crippen LogP contribution in [0.2, 0.25) is 0 Å². The van der Waals surface area contributed by atoms with Crippen molar-refractivity contribution in [2.45, 2.75) is 0 Å². The minimum atomic E-state index is 0.473. The number of ether oxygens (including phenoxy) is 9. The van der Waals surface area contributed by atoms with E-state index in [9.17, 15) is 0 Å². The van der Waals surface area contributed by atoms with E-state index in [1.54, 1.807) is 64.0 Å². The molecule has 1 aliphatic heterocycles. The first kappa shape index (κ1) is 38.5. The van der Waals surface area contributed by atoms with Crippen LogP contribution >= 0.6 is 0 Å². The summed E-state index contributed by atoms with van der Waals surface area (Å²) in [6.45, 7) is 0.